The fraction of sp³-hybridized carbons (Fsp3) is 1.00. The first-order valence-corrected chi connectivity index (χ1v) is 9.82. The van der Waals surface area contributed by atoms with Crippen LogP contribution in [0.4, 0.5) is 0 Å². The maximum atomic E-state index is 3.54. The van der Waals surface area contributed by atoms with Gasteiger partial charge in [0.2, 0.25) is 0 Å². The van der Waals surface area contributed by atoms with Crippen molar-refractivity contribution >= 4 is 0 Å². The molecule has 0 aromatic heterocycles. The van der Waals surface area contributed by atoms with Crippen LogP contribution in [0.3, 0.4) is 0 Å². The van der Waals surface area contributed by atoms with Gasteiger partial charge in [0.25, 0.3) is 0 Å². The second kappa shape index (κ2) is 7.63. The van der Waals surface area contributed by atoms with Gasteiger partial charge in [0, 0.05) is 19.1 Å². The second-order valence-electron chi connectivity index (χ2n) is 8.63. The van der Waals surface area contributed by atoms with Gasteiger partial charge in [0.1, 0.15) is 0 Å². The van der Waals surface area contributed by atoms with Crippen LogP contribution in [0.25, 0.3) is 0 Å². The highest BCUT2D eigenvalue weighted by Crippen LogP contribution is 2.29. The molecule has 3 rings (SSSR count). The molecule has 3 aliphatic rings. The lowest BCUT2D eigenvalue weighted by Gasteiger charge is -2.38. The number of likely N-dealkylation sites (tertiary alicyclic amines) is 2. The topological polar surface area (TPSA) is 18.5 Å². The number of piperidine rings is 2. The van der Waals surface area contributed by atoms with Gasteiger partial charge in [0.05, 0.1) is 0 Å². The summed E-state index contributed by atoms with van der Waals surface area (Å²) in [6.07, 6.45) is 9.97. The summed E-state index contributed by atoms with van der Waals surface area (Å²) < 4.78 is 0. The van der Waals surface area contributed by atoms with Crippen LogP contribution in [-0.4, -0.2) is 61.7 Å². The van der Waals surface area contributed by atoms with E-state index in [1.807, 2.05) is 0 Å². The minimum atomic E-state index is 0.538. The molecule has 2 unspecified atom stereocenters. The first-order chi connectivity index (χ1) is 10.6. The third-order valence-electron chi connectivity index (χ3n) is 6.53. The molecule has 0 aromatic carbocycles. The zero-order valence-electron chi connectivity index (χ0n) is 14.9. The summed E-state index contributed by atoms with van der Waals surface area (Å²) in [5, 5.41) is 3.54. The van der Waals surface area contributed by atoms with Crippen LogP contribution >= 0.6 is 0 Å². The van der Waals surface area contributed by atoms with E-state index in [-0.39, 0.29) is 0 Å². The fourth-order valence-corrected chi connectivity index (χ4v) is 4.81. The van der Waals surface area contributed by atoms with Crippen molar-refractivity contribution in [3.05, 3.63) is 0 Å². The molecule has 0 bridgehead atoms. The maximum Gasteiger partial charge on any atom is 0.00669 e. The van der Waals surface area contributed by atoms with Crippen molar-refractivity contribution in [2.75, 3.05) is 45.8 Å². The van der Waals surface area contributed by atoms with Crippen molar-refractivity contribution in [1.82, 2.24) is 15.1 Å². The third-order valence-corrected chi connectivity index (χ3v) is 6.53. The Labute approximate surface area is 137 Å². The van der Waals surface area contributed by atoms with E-state index in [2.05, 4.69) is 29.0 Å². The van der Waals surface area contributed by atoms with Crippen LogP contribution in [0.15, 0.2) is 0 Å². The summed E-state index contributed by atoms with van der Waals surface area (Å²) in [6, 6.07) is 0.837. The van der Waals surface area contributed by atoms with Crippen LogP contribution in [0, 0.1) is 11.3 Å². The second-order valence-corrected chi connectivity index (χ2v) is 8.63. The van der Waals surface area contributed by atoms with E-state index in [4.69, 9.17) is 0 Å². The molecule has 3 nitrogen and oxygen atoms in total. The minimum absolute atomic E-state index is 0.538. The van der Waals surface area contributed by atoms with Gasteiger partial charge in [-0.2, -0.15) is 0 Å². The SMILES string of the molecule is CC1CCCCN1CCC1CCN(CC2(C)CCNC2)CC1. The summed E-state index contributed by atoms with van der Waals surface area (Å²) in [5.41, 5.74) is 0.538. The summed E-state index contributed by atoms with van der Waals surface area (Å²) in [4.78, 5) is 5.49. The van der Waals surface area contributed by atoms with E-state index in [0.717, 1.165) is 12.0 Å². The fourth-order valence-electron chi connectivity index (χ4n) is 4.81. The van der Waals surface area contributed by atoms with Crippen molar-refractivity contribution in [3.8, 4) is 0 Å². The average molecular weight is 308 g/mol. The summed E-state index contributed by atoms with van der Waals surface area (Å²) in [5.74, 6) is 0.986. The van der Waals surface area contributed by atoms with E-state index in [0.29, 0.717) is 5.41 Å². The Balaban J connectivity index is 1.35. The van der Waals surface area contributed by atoms with Crippen molar-refractivity contribution in [2.45, 2.75) is 64.8 Å². The number of hydrogen-bond acceptors (Lipinski definition) is 3. The smallest absolute Gasteiger partial charge is 0.00669 e. The van der Waals surface area contributed by atoms with Crippen LogP contribution in [0.2, 0.25) is 0 Å². The third kappa shape index (κ3) is 4.46. The van der Waals surface area contributed by atoms with Crippen molar-refractivity contribution in [1.29, 1.82) is 0 Å². The molecule has 2 atom stereocenters. The van der Waals surface area contributed by atoms with E-state index >= 15 is 0 Å². The van der Waals surface area contributed by atoms with Gasteiger partial charge in [-0.05, 0) is 89.5 Å². The average Bonchev–Trinajstić information content (AvgIpc) is 2.94. The highest BCUT2D eigenvalue weighted by molar-refractivity contribution is 4.88. The Bertz CT molecular complexity index is 330. The van der Waals surface area contributed by atoms with Gasteiger partial charge in [-0.3, -0.25) is 0 Å². The molecule has 0 amide bonds. The standard InChI is InChI=1S/C19H37N3/c1-17-5-3-4-11-22(17)14-8-18-6-12-21(13-7-18)16-19(2)9-10-20-15-19/h17-18,20H,3-16H2,1-2H3. The Morgan fingerprint density at radius 1 is 1.09 bits per heavy atom. The molecule has 3 aliphatic heterocycles. The predicted molar refractivity (Wildman–Crippen MR) is 94.3 cm³/mol. The molecule has 3 heteroatoms. The largest absolute Gasteiger partial charge is 0.316 e. The zero-order valence-corrected chi connectivity index (χ0v) is 14.9. The van der Waals surface area contributed by atoms with Gasteiger partial charge >= 0.3 is 0 Å². The van der Waals surface area contributed by atoms with E-state index < -0.39 is 0 Å². The van der Waals surface area contributed by atoms with E-state index in [1.165, 1.54) is 90.8 Å². The molecule has 128 valence electrons. The summed E-state index contributed by atoms with van der Waals surface area (Å²) in [7, 11) is 0. The summed E-state index contributed by atoms with van der Waals surface area (Å²) in [6.45, 7) is 14.1. The molecule has 1 N–H and O–H groups in total. The number of rotatable bonds is 5. The lowest BCUT2D eigenvalue weighted by atomic mass is 9.87. The molecule has 0 aliphatic carbocycles. The Kier molecular flexibility index (Phi) is 5.80. The maximum absolute atomic E-state index is 3.54. The van der Waals surface area contributed by atoms with Gasteiger partial charge in [-0.25, -0.2) is 0 Å². The van der Waals surface area contributed by atoms with Crippen LogP contribution in [0.1, 0.15) is 58.8 Å². The lowest BCUT2D eigenvalue weighted by molar-refractivity contribution is 0.108. The molecule has 0 spiro atoms. The lowest BCUT2D eigenvalue weighted by Crippen LogP contribution is -2.43. The monoisotopic (exact) mass is 307 g/mol. The quantitative estimate of drug-likeness (QED) is 0.842. The molecule has 0 saturated carbocycles. The van der Waals surface area contributed by atoms with E-state index in [1.54, 1.807) is 0 Å². The summed E-state index contributed by atoms with van der Waals surface area (Å²) >= 11 is 0. The molecule has 22 heavy (non-hydrogen) atoms. The van der Waals surface area contributed by atoms with Gasteiger partial charge in [-0.1, -0.05) is 13.3 Å². The molecular formula is C19H37N3. The van der Waals surface area contributed by atoms with E-state index in [9.17, 15) is 0 Å². The van der Waals surface area contributed by atoms with Crippen LogP contribution < -0.4 is 5.32 Å². The van der Waals surface area contributed by atoms with Crippen molar-refractivity contribution in [3.63, 3.8) is 0 Å². The highest BCUT2D eigenvalue weighted by Gasteiger charge is 2.32. The van der Waals surface area contributed by atoms with Crippen LogP contribution in [-0.2, 0) is 0 Å². The minimum Gasteiger partial charge on any atom is -0.316 e. The number of nitrogens with one attached hydrogen (secondary N) is 1. The highest BCUT2D eigenvalue weighted by atomic mass is 15.2. The van der Waals surface area contributed by atoms with Crippen molar-refractivity contribution in [2.24, 2.45) is 11.3 Å². The number of hydrogen-bond donors (Lipinski definition) is 1. The van der Waals surface area contributed by atoms with Crippen LogP contribution in [0.5, 0.6) is 0 Å². The molecule has 0 radical (unpaired) electrons. The van der Waals surface area contributed by atoms with Crippen molar-refractivity contribution < 1.29 is 0 Å². The molecule has 3 saturated heterocycles. The first kappa shape index (κ1) is 16.7. The molecule has 3 heterocycles. The van der Waals surface area contributed by atoms with Gasteiger partial charge < -0.3 is 15.1 Å². The van der Waals surface area contributed by atoms with Gasteiger partial charge in [0.15, 0.2) is 0 Å². The predicted octanol–water partition coefficient (Wildman–Crippen LogP) is 2.96. The Hall–Kier alpha value is -0.120. The van der Waals surface area contributed by atoms with Gasteiger partial charge in [-0.15, -0.1) is 0 Å². The molecule has 0 aromatic rings. The zero-order chi connectivity index (χ0) is 15.4. The normalized spacial score (nSPS) is 36.0. The molecular weight excluding hydrogens is 270 g/mol. The molecule has 3 fully saturated rings. The Morgan fingerprint density at radius 2 is 1.91 bits per heavy atom. The number of nitrogens with zero attached hydrogens (tertiary/aromatic N) is 2. The Morgan fingerprint density at radius 3 is 2.59 bits per heavy atom. The first-order valence-electron chi connectivity index (χ1n) is 9.82.